The fraction of sp³-hybridized carbons (Fsp3) is 0.333. The number of fused-ring (bicyclic) bond motifs is 1. The molecule has 8 nitrogen and oxygen atoms in total. The largest absolute Gasteiger partial charge is 0.368 e. The molecule has 1 fully saturated rings. The first-order valence-corrected chi connectivity index (χ1v) is 9.78. The van der Waals surface area contributed by atoms with Crippen molar-refractivity contribution in [2.24, 2.45) is 0 Å². The van der Waals surface area contributed by atoms with Crippen LogP contribution in [0, 0.1) is 12.7 Å². The van der Waals surface area contributed by atoms with Gasteiger partial charge in [-0.15, -0.1) is 0 Å². The zero-order chi connectivity index (χ0) is 21.3. The monoisotopic (exact) mass is 410 g/mol. The number of amides is 1. The summed E-state index contributed by atoms with van der Waals surface area (Å²) in [6.45, 7) is 5.45. The van der Waals surface area contributed by atoms with E-state index in [1.807, 2.05) is 6.07 Å². The summed E-state index contributed by atoms with van der Waals surface area (Å²) in [5, 5.41) is 2.56. The van der Waals surface area contributed by atoms with E-state index in [0.717, 1.165) is 37.4 Å². The van der Waals surface area contributed by atoms with Gasteiger partial charge in [0.15, 0.2) is 5.82 Å². The smallest absolute Gasteiger partial charge is 0.269 e. The van der Waals surface area contributed by atoms with Crippen molar-refractivity contribution in [1.29, 1.82) is 0 Å². The van der Waals surface area contributed by atoms with Crippen molar-refractivity contribution in [3.05, 3.63) is 63.6 Å². The number of carbonyl (C=O) groups excluding carboxylic acids is 1. The Morgan fingerprint density at radius 2 is 1.97 bits per heavy atom. The highest BCUT2D eigenvalue weighted by Crippen LogP contribution is 2.19. The van der Waals surface area contributed by atoms with Crippen molar-refractivity contribution in [3.63, 3.8) is 0 Å². The second-order valence-electron chi connectivity index (χ2n) is 7.38. The number of nitrogens with one attached hydrogen (secondary N) is 2. The maximum absolute atomic E-state index is 14.2. The topological polar surface area (TPSA) is 94.2 Å². The van der Waals surface area contributed by atoms with Gasteiger partial charge in [-0.2, -0.15) is 0 Å². The Labute approximate surface area is 172 Å². The van der Waals surface area contributed by atoms with Crippen LogP contribution in [0.1, 0.15) is 21.6 Å². The van der Waals surface area contributed by atoms with Gasteiger partial charge in [0, 0.05) is 46.0 Å². The van der Waals surface area contributed by atoms with Gasteiger partial charge in [-0.25, -0.2) is 9.37 Å². The van der Waals surface area contributed by atoms with Crippen molar-refractivity contribution in [2.45, 2.75) is 13.5 Å². The summed E-state index contributed by atoms with van der Waals surface area (Å²) in [5.74, 6) is -0.767. The van der Waals surface area contributed by atoms with E-state index < -0.39 is 11.4 Å². The Balaban J connectivity index is 1.40. The Morgan fingerprint density at radius 1 is 1.20 bits per heavy atom. The molecule has 0 spiro atoms. The van der Waals surface area contributed by atoms with Crippen LogP contribution in [0.5, 0.6) is 0 Å². The number of rotatable bonds is 4. The van der Waals surface area contributed by atoms with Crippen LogP contribution in [0.15, 0.2) is 35.4 Å². The van der Waals surface area contributed by atoms with E-state index in [4.69, 9.17) is 0 Å². The van der Waals surface area contributed by atoms with Crippen LogP contribution in [0.25, 0.3) is 11.0 Å². The molecule has 0 aliphatic carbocycles. The molecule has 1 amide bonds. The van der Waals surface area contributed by atoms with E-state index >= 15 is 0 Å². The molecular formula is C21H23FN6O2. The molecule has 3 aromatic heterocycles. The van der Waals surface area contributed by atoms with Crippen molar-refractivity contribution >= 4 is 22.6 Å². The molecule has 30 heavy (non-hydrogen) atoms. The lowest BCUT2D eigenvalue weighted by Crippen LogP contribution is -2.46. The molecule has 3 aromatic rings. The van der Waals surface area contributed by atoms with Gasteiger partial charge in [0.2, 0.25) is 0 Å². The maximum atomic E-state index is 14.2. The Bertz CT molecular complexity index is 1140. The third-order valence-electron chi connectivity index (χ3n) is 5.42. The minimum absolute atomic E-state index is 0.0525. The maximum Gasteiger partial charge on any atom is 0.269 e. The van der Waals surface area contributed by atoms with Crippen molar-refractivity contribution < 1.29 is 9.18 Å². The molecule has 1 aliphatic rings. The average molecular weight is 410 g/mol. The standard InChI is InChI=1S/C21H23FN6O2/c1-13-18(22)19-17(26-20(13)29)9-14(10-25-19)12-27-5-7-28(8-6-27)15-3-4-16(24-11-15)21(30)23-2/h3-4,9-11H,5-8,12H2,1-2H3,(H,23,30)(H,26,29). The lowest BCUT2D eigenvalue weighted by molar-refractivity contribution is 0.0958. The van der Waals surface area contributed by atoms with Gasteiger partial charge in [0.25, 0.3) is 11.5 Å². The fourth-order valence-corrected chi connectivity index (χ4v) is 3.62. The van der Waals surface area contributed by atoms with Crippen molar-refractivity contribution in [3.8, 4) is 0 Å². The third-order valence-corrected chi connectivity index (χ3v) is 5.42. The number of aromatic nitrogens is 3. The molecule has 0 radical (unpaired) electrons. The van der Waals surface area contributed by atoms with Gasteiger partial charge >= 0.3 is 0 Å². The van der Waals surface area contributed by atoms with Gasteiger partial charge in [-0.3, -0.25) is 19.5 Å². The minimum Gasteiger partial charge on any atom is -0.368 e. The van der Waals surface area contributed by atoms with Gasteiger partial charge in [0.05, 0.1) is 23.0 Å². The van der Waals surface area contributed by atoms with E-state index in [1.165, 1.54) is 6.92 Å². The zero-order valence-electron chi connectivity index (χ0n) is 16.9. The first-order valence-electron chi connectivity index (χ1n) is 9.78. The quantitative estimate of drug-likeness (QED) is 0.676. The molecule has 9 heteroatoms. The normalized spacial score (nSPS) is 14.8. The number of carbonyl (C=O) groups is 1. The number of hydrogen-bond donors (Lipinski definition) is 2. The third kappa shape index (κ3) is 3.88. The summed E-state index contributed by atoms with van der Waals surface area (Å²) < 4.78 is 14.2. The number of nitrogens with zero attached hydrogens (tertiary/aromatic N) is 4. The molecule has 4 rings (SSSR count). The van der Waals surface area contributed by atoms with Crippen LogP contribution >= 0.6 is 0 Å². The molecule has 0 unspecified atom stereocenters. The summed E-state index contributed by atoms with van der Waals surface area (Å²) >= 11 is 0. The van der Waals surface area contributed by atoms with Crippen molar-refractivity contribution in [2.75, 3.05) is 38.1 Å². The van der Waals surface area contributed by atoms with E-state index in [0.29, 0.717) is 17.8 Å². The molecule has 156 valence electrons. The van der Waals surface area contributed by atoms with Crippen LogP contribution in [0.4, 0.5) is 10.1 Å². The molecule has 2 N–H and O–H groups in total. The number of halogens is 1. The second-order valence-corrected chi connectivity index (χ2v) is 7.38. The summed E-state index contributed by atoms with van der Waals surface area (Å²) in [7, 11) is 1.58. The average Bonchev–Trinajstić information content (AvgIpc) is 2.77. The highest BCUT2D eigenvalue weighted by Gasteiger charge is 2.19. The molecule has 0 bridgehead atoms. The zero-order valence-corrected chi connectivity index (χ0v) is 16.9. The predicted molar refractivity (Wildman–Crippen MR) is 112 cm³/mol. The van der Waals surface area contributed by atoms with Crippen LogP contribution in [0.3, 0.4) is 0 Å². The van der Waals surface area contributed by atoms with Gasteiger partial charge < -0.3 is 15.2 Å². The molecule has 4 heterocycles. The van der Waals surface area contributed by atoms with Gasteiger partial charge in [-0.1, -0.05) is 0 Å². The van der Waals surface area contributed by atoms with Gasteiger partial charge in [0.1, 0.15) is 11.2 Å². The first-order chi connectivity index (χ1) is 14.5. The lowest BCUT2D eigenvalue weighted by Gasteiger charge is -2.36. The Kier molecular flexibility index (Phi) is 5.45. The predicted octanol–water partition coefficient (Wildman–Crippen LogP) is 1.45. The summed E-state index contributed by atoms with van der Waals surface area (Å²) in [6.07, 6.45) is 3.39. The molecule has 0 saturated carbocycles. The van der Waals surface area contributed by atoms with Crippen LogP contribution in [-0.4, -0.2) is 59.0 Å². The van der Waals surface area contributed by atoms with E-state index in [-0.39, 0.29) is 17.0 Å². The molecule has 1 aliphatic heterocycles. The molecular weight excluding hydrogens is 387 g/mol. The van der Waals surface area contributed by atoms with Crippen LogP contribution in [-0.2, 0) is 6.54 Å². The Hall–Kier alpha value is -3.33. The highest BCUT2D eigenvalue weighted by molar-refractivity contribution is 5.92. The summed E-state index contributed by atoms with van der Waals surface area (Å²) in [6, 6.07) is 5.43. The fourth-order valence-electron chi connectivity index (χ4n) is 3.62. The number of hydrogen-bond acceptors (Lipinski definition) is 6. The number of piperazine rings is 1. The minimum atomic E-state index is -0.565. The molecule has 0 atom stereocenters. The lowest BCUT2D eigenvalue weighted by atomic mass is 10.1. The van der Waals surface area contributed by atoms with Gasteiger partial charge in [-0.05, 0) is 30.7 Å². The number of pyridine rings is 3. The first kappa shape index (κ1) is 20.0. The van der Waals surface area contributed by atoms with Crippen LogP contribution < -0.4 is 15.8 Å². The SMILES string of the molecule is CNC(=O)c1ccc(N2CCN(Cc3cnc4c(F)c(C)c(=O)[nH]c4c3)CC2)cn1. The highest BCUT2D eigenvalue weighted by atomic mass is 19.1. The molecule has 1 saturated heterocycles. The summed E-state index contributed by atoms with van der Waals surface area (Å²) in [5.41, 5.74) is 2.54. The molecule has 0 aromatic carbocycles. The summed E-state index contributed by atoms with van der Waals surface area (Å²) in [4.78, 5) is 39.1. The second kappa shape index (κ2) is 8.19. The van der Waals surface area contributed by atoms with E-state index in [2.05, 4.69) is 30.1 Å². The Morgan fingerprint density at radius 3 is 2.63 bits per heavy atom. The van der Waals surface area contributed by atoms with E-state index in [1.54, 1.807) is 31.6 Å². The number of aromatic amines is 1. The number of anilines is 1. The van der Waals surface area contributed by atoms with Crippen LogP contribution in [0.2, 0.25) is 0 Å². The number of H-pyrrole nitrogens is 1. The van der Waals surface area contributed by atoms with Crippen molar-refractivity contribution in [1.82, 2.24) is 25.2 Å². The van der Waals surface area contributed by atoms with E-state index in [9.17, 15) is 14.0 Å².